The Bertz CT molecular complexity index is 317. The van der Waals surface area contributed by atoms with Crippen molar-refractivity contribution in [2.24, 2.45) is 0 Å². The SMILES string of the molecule is CCCC(=O)NC(CC(C)=O)C(=O)OC(C)(C)C. The second-order valence-corrected chi connectivity index (χ2v) is 5.31. The van der Waals surface area contributed by atoms with Crippen molar-refractivity contribution in [2.45, 2.75) is 65.5 Å². The van der Waals surface area contributed by atoms with Crippen LogP contribution in [-0.2, 0) is 19.1 Å². The fourth-order valence-corrected chi connectivity index (χ4v) is 1.35. The number of esters is 1. The fraction of sp³-hybridized carbons (Fsp3) is 0.769. The minimum Gasteiger partial charge on any atom is -0.458 e. The molecule has 0 saturated carbocycles. The number of carbonyl (C=O) groups is 3. The van der Waals surface area contributed by atoms with E-state index in [-0.39, 0.29) is 18.1 Å². The molecular weight excluding hydrogens is 234 g/mol. The van der Waals surface area contributed by atoms with Crippen LogP contribution in [0.1, 0.15) is 53.9 Å². The maximum absolute atomic E-state index is 11.8. The lowest BCUT2D eigenvalue weighted by Crippen LogP contribution is -2.45. The minimum absolute atomic E-state index is 0.0373. The summed E-state index contributed by atoms with van der Waals surface area (Å²) in [6, 6.07) is -0.888. The van der Waals surface area contributed by atoms with Crippen molar-refractivity contribution >= 4 is 17.7 Å². The van der Waals surface area contributed by atoms with E-state index in [4.69, 9.17) is 4.74 Å². The number of ether oxygens (including phenoxy) is 1. The van der Waals surface area contributed by atoms with Crippen molar-refractivity contribution in [3.8, 4) is 0 Å². The van der Waals surface area contributed by atoms with Crippen LogP contribution in [-0.4, -0.2) is 29.3 Å². The standard InChI is InChI=1S/C13H23NO4/c1-6-7-11(16)14-10(8-9(2)15)12(17)18-13(3,4)5/h10H,6-8H2,1-5H3,(H,14,16). The Labute approximate surface area is 108 Å². The smallest absolute Gasteiger partial charge is 0.329 e. The van der Waals surface area contributed by atoms with Crippen molar-refractivity contribution in [1.29, 1.82) is 0 Å². The molecule has 18 heavy (non-hydrogen) atoms. The minimum atomic E-state index is -0.888. The molecule has 1 unspecified atom stereocenters. The molecule has 0 saturated heterocycles. The topological polar surface area (TPSA) is 72.5 Å². The maximum atomic E-state index is 11.8. The highest BCUT2D eigenvalue weighted by Gasteiger charge is 2.27. The first-order chi connectivity index (χ1) is 8.15. The van der Waals surface area contributed by atoms with E-state index in [2.05, 4.69) is 5.32 Å². The summed E-state index contributed by atoms with van der Waals surface area (Å²) < 4.78 is 5.17. The van der Waals surface area contributed by atoms with Crippen molar-refractivity contribution in [3.63, 3.8) is 0 Å². The van der Waals surface area contributed by atoms with E-state index in [1.807, 2.05) is 6.92 Å². The number of ketones is 1. The zero-order valence-electron chi connectivity index (χ0n) is 11.8. The van der Waals surface area contributed by atoms with E-state index in [1.165, 1.54) is 6.92 Å². The predicted octanol–water partition coefficient (Wildman–Crippen LogP) is 1.59. The second-order valence-electron chi connectivity index (χ2n) is 5.31. The number of hydrogen-bond donors (Lipinski definition) is 1. The van der Waals surface area contributed by atoms with E-state index < -0.39 is 17.6 Å². The van der Waals surface area contributed by atoms with E-state index in [0.29, 0.717) is 12.8 Å². The van der Waals surface area contributed by atoms with Crippen LogP contribution in [0.4, 0.5) is 0 Å². The largest absolute Gasteiger partial charge is 0.458 e. The molecule has 0 fully saturated rings. The molecule has 0 bridgehead atoms. The van der Waals surface area contributed by atoms with Crippen LogP contribution in [0.3, 0.4) is 0 Å². The number of amides is 1. The van der Waals surface area contributed by atoms with Gasteiger partial charge in [-0.15, -0.1) is 0 Å². The molecule has 0 heterocycles. The fourth-order valence-electron chi connectivity index (χ4n) is 1.35. The highest BCUT2D eigenvalue weighted by Crippen LogP contribution is 2.10. The van der Waals surface area contributed by atoms with Crippen LogP contribution < -0.4 is 5.32 Å². The summed E-state index contributed by atoms with van der Waals surface area (Å²) in [5, 5.41) is 2.54. The maximum Gasteiger partial charge on any atom is 0.329 e. The van der Waals surface area contributed by atoms with Crippen LogP contribution in [0.2, 0.25) is 0 Å². The van der Waals surface area contributed by atoms with Crippen LogP contribution in [0.25, 0.3) is 0 Å². The Morgan fingerprint density at radius 3 is 2.17 bits per heavy atom. The van der Waals surface area contributed by atoms with Crippen LogP contribution >= 0.6 is 0 Å². The Hall–Kier alpha value is -1.39. The Morgan fingerprint density at radius 1 is 1.22 bits per heavy atom. The monoisotopic (exact) mass is 257 g/mol. The van der Waals surface area contributed by atoms with Gasteiger partial charge in [0.25, 0.3) is 0 Å². The van der Waals surface area contributed by atoms with Crippen LogP contribution in [0.5, 0.6) is 0 Å². The van der Waals surface area contributed by atoms with Crippen molar-refractivity contribution in [1.82, 2.24) is 5.32 Å². The molecule has 0 aliphatic carbocycles. The summed E-state index contributed by atoms with van der Waals surface area (Å²) >= 11 is 0. The lowest BCUT2D eigenvalue weighted by atomic mass is 10.1. The molecule has 0 aliphatic heterocycles. The molecule has 0 radical (unpaired) electrons. The Balaban J connectivity index is 4.62. The van der Waals surface area contributed by atoms with Gasteiger partial charge in [0, 0.05) is 12.8 Å². The van der Waals surface area contributed by atoms with Gasteiger partial charge in [0.2, 0.25) is 5.91 Å². The Kier molecular flexibility index (Phi) is 6.58. The summed E-state index contributed by atoms with van der Waals surface area (Å²) in [6.07, 6.45) is 0.981. The number of nitrogens with one attached hydrogen (secondary N) is 1. The first-order valence-corrected chi connectivity index (χ1v) is 6.17. The first kappa shape index (κ1) is 16.6. The average Bonchev–Trinajstić information content (AvgIpc) is 2.13. The van der Waals surface area contributed by atoms with Gasteiger partial charge >= 0.3 is 5.97 Å². The van der Waals surface area contributed by atoms with Gasteiger partial charge in [-0.2, -0.15) is 0 Å². The molecule has 0 aromatic heterocycles. The number of hydrogen-bond acceptors (Lipinski definition) is 4. The normalized spacial score (nSPS) is 12.7. The Morgan fingerprint density at radius 2 is 1.78 bits per heavy atom. The average molecular weight is 257 g/mol. The summed E-state index contributed by atoms with van der Waals surface area (Å²) in [5.74, 6) is -0.973. The van der Waals surface area contributed by atoms with Gasteiger partial charge in [-0.3, -0.25) is 9.59 Å². The summed E-state index contributed by atoms with van der Waals surface area (Å²) in [6.45, 7) is 8.47. The quantitative estimate of drug-likeness (QED) is 0.733. The molecule has 5 heteroatoms. The van der Waals surface area contributed by atoms with Crippen molar-refractivity contribution < 1.29 is 19.1 Å². The van der Waals surface area contributed by atoms with Gasteiger partial charge < -0.3 is 10.1 Å². The summed E-state index contributed by atoms with van der Waals surface area (Å²) in [4.78, 5) is 34.4. The molecule has 1 amide bonds. The highest BCUT2D eigenvalue weighted by atomic mass is 16.6. The zero-order valence-corrected chi connectivity index (χ0v) is 11.8. The van der Waals surface area contributed by atoms with Gasteiger partial charge in [0.05, 0.1) is 0 Å². The van der Waals surface area contributed by atoms with Crippen molar-refractivity contribution in [2.75, 3.05) is 0 Å². The van der Waals surface area contributed by atoms with E-state index in [9.17, 15) is 14.4 Å². The molecule has 104 valence electrons. The molecule has 0 aromatic carbocycles. The summed E-state index contributed by atoms with van der Waals surface area (Å²) in [7, 11) is 0. The lowest BCUT2D eigenvalue weighted by molar-refractivity contribution is -0.159. The zero-order chi connectivity index (χ0) is 14.3. The van der Waals surface area contributed by atoms with Gasteiger partial charge in [-0.25, -0.2) is 4.79 Å². The molecule has 0 aromatic rings. The molecule has 0 aliphatic rings. The van der Waals surface area contributed by atoms with Gasteiger partial charge in [-0.1, -0.05) is 6.92 Å². The van der Waals surface area contributed by atoms with E-state index in [1.54, 1.807) is 20.8 Å². The van der Waals surface area contributed by atoms with Gasteiger partial charge in [0.15, 0.2) is 0 Å². The van der Waals surface area contributed by atoms with Crippen LogP contribution in [0.15, 0.2) is 0 Å². The molecule has 0 spiro atoms. The number of rotatable bonds is 6. The molecule has 0 rings (SSSR count). The van der Waals surface area contributed by atoms with E-state index in [0.717, 1.165) is 0 Å². The second kappa shape index (κ2) is 7.13. The van der Waals surface area contributed by atoms with Gasteiger partial charge in [0.1, 0.15) is 17.4 Å². The third kappa shape index (κ3) is 7.81. The molecule has 1 atom stereocenters. The molecule has 1 N–H and O–H groups in total. The van der Waals surface area contributed by atoms with Gasteiger partial charge in [-0.05, 0) is 34.1 Å². The molecule has 5 nitrogen and oxygen atoms in total. The van der Waals surface area contributed by atoms with Crippen LogP contribution in [0, 0.1) is 0 Å². The number of carbonyl (C=O) groups excluding carboxylic acids is 3. The summed E-state index contributed by atoms with van der Waals surface area (Å²) in [5.41, 5.74) is -0.637. The third-order valence-electron chi connectivity index (χ3n) is 2.00. The van der Waals surface area contributed by atoms with Crippen molar-refractivity contribution in [3.05, 3.63) is 0 Å². The predicted molar refractivity (Wildman–Crippen MR) is 68.0 cm³/mol. The third-order valence-corrected chi connectivity index (χ3v) is 2.00. The first-order valence-electron chi connectivity index (χ1n) is 6.17. The highest BCUT2D eigenvalue weighted by molar-refractivity contribution is 5.89. The number of Topliss-reactive ketones (excluding diaryl/α,β-unsaturated/α-hetero) is 1. The molecular formula is C13H23NO4. The lowest BCUT2D eigenvalue weighted by Gasteiger charge is -2.24. The van der Waals surface area contributed by atoms with E-state index >= 15 is 0 Å².